The van der Waals surface area contributed by atoms with Crippen molar-refractivity contribution in [3.8, 4) is 17.5 Å². The summed E-state index contributed by atoms with van der Waals surface area (Å²) in [5, 5.41) is 3.36. The van der Waals surface area contributed by atoms with E-state index < -0.39 is 0 Å². The lowest BCUT2D eigenvalue weighted by Crippen LogP contribution is -2.40. The number of carbonyl (C=O) groups excluding carboxylic acids is 1. The Hall–Kier alpha value is -3.19. The molecular weight excluding hydrogens is 409 g/mol. The number of nitrogens with zero attached hydrogens (tertiary/aromatic N) is 2. The summed E-state index contributed by atoms with van der Waals surface area (Å²) in [5.41, 5.74) is 1.52. The highest BCUT2D eigenvalue weighted by atomic mass is 35.5. The number of nitrogens with one attached hydrogen (secondary N) is 1. The number of hydrogen-bond acceptors (Lipinski definition) is 5. The fourth-order valence-corrected chi connectivity index (χ4v) is 3.22. The van der Waals surface area contributed by atoms with Crippen LogP contribution in [0, 0.1) is 18.7 Å². The molecule has 1 heterocycles. The Kier molecular flexibility index (Phi) is 5.81. The van der Waals surface area contributed by atoms with E-state index in [9.17, 15) is 9.18 Å². The van der Waals surface area contributed by atoms with Crippen LogP contribution in [0.2, 0.25) is 5.02 Å². The molecule has 30 heavy (non-hydrogen) atoms. The molecule has 1 aromatic heterocycles. The first-order chi connectivity index (χ1) is 14.5. The van der Waals surface area contributed by atoms with Crippen molar-refractivity contribution in [2.24, 2.45) is 5.92 Å². The minimum absolute atomic E-state index is 0.0388. The SMILES string of the molecule is Cc1cc(NC(=O)C2CC(Oc3ccc(F)cc3)C2)ccc1Oc1ncc(Cl)cn1. The highest BCUT2D eigenvalue weighted by Gasteiger charge is 2.36. The molecule has 8 heteroatoms. The monoisotopic (exact) mass is 427 g/mol. The fraction of sp³-hybridized carbons (Fsp3) is 0.227. The highest BCUT2D eigenvalue weighted by molar-refractivity contribution is 6.30. The highest BCUT2D eigenvalue weighted by Crippen LogP contribution is 2.33. The van der Waals surface area contributed by atoms with Crippen molar-refractivity contribution in [1.29, 1.82) is 0 Å². The minimum atomic E-state index is -0.305. The Morgan fingerprint density at radius 2 is 1.83 bits per heavy atom. The average molecular weight is 428 g/mol. The summed E-state index contributed by atoms with van der Waals surface area (Å²) < 4.78 is 24.3. The second kappa shape index (κ2) is 8.67. The van der Waals surface area contributed by atoms with Crippen LogP contribution in [0.3, 0.4) is 0 Å². The molecule has 0 aliphatic heterocycles. The van der Waals surface area contributed by atoms with E-state index in [0.717, 1.165) is 5.56 Å². The third-order valence-corrected chi connectivity index (χ3v) is 5.02. The third-order valence-electron chi connectivity index (χ3n) is 4.82. The van der Waals surface area contributed by atoms with Crippen LogP contribution in [0.15, 0.2) is 54.9 Å². The van der Waals surface area contributed by atoms with E-state index in [1.54, 1.807) is 24.3 Å². The number of aromatic nitrogens is 2. The Bertz CT molecular complexity index is 1040. The van der Waals surface area contributed by atoms with E-state index in [2.05, 4.69) is 15.3 Å². The van der Waals surface area contributed by atoms with E-state index in [-0.39, 0.29) is 29.8 Å². The van der Waals surface area contributed by atoms with Crippen molar-refractivity contribution in [2.75, 3.05) is 5.32 Å². The maximum absolute atomic E-state index is 12.9. The summed E-state index contributed by atoms with van der Waals surface area (Å²) in [6.45, 7) is 1.87. The molecule has 0 bridgehead atoms. The van der Waals surface area contributed by atoms with Crippen molar-refractivity contribution in [3.63, 3.8) is 0 Å². The maximum atomic E-state index is 12.9. The van der Waals surface area contributed by atoms with Crippen molar-refractivity contribution in [1.82, 2.24) is 9.97 Å². The largest absolute Gasteiger partial charge is 0.490 e. The molecule has 1 N–H and O–H groups in total. The topological polar surface area (TPSA) is 73.3 Å². The standard InChI is InChI=1S/C22H19ClFN3O3/c1-13-8-17(4-7-20(13)30-22-25-11-15(23)12-26-22)27-21(28)14-9-19(10-14)29-18-5-2-16(24)3-6-18/h2-8,11-12,14,19H,9-10H2,1H3,(H,27,28). The summed E-state index contributed by atoms with van der Waals surface area (Å²) in [6.07, 6.45) is 4.12. The van der Waals surface area contributed by atoms with Crippen LogP contribution in [0.5, 0.6) is 17.5 Å². The van der Waals surface area contributed by atoms with Gasteiger partial charge in [0.15, 0.2) is 0 Å². The lowest BCUT2D eigenvalue weighted by Gasteiger charge is -2.34. The lowest BCUT2D eigenvalue weighted by atomic mass is 9.81. The van der Waals surface area contributed by atoms with Gasteiger partial charge in [-0.25, -0.2) is 14.4 Å². The van der Waals surface area contributed by atoms with Crippen LogP contribution >= 0.6 is 11.6 Å². The van der Waals surface area contributed by atoms with E-state index >= 15 is 0 Å². The molecule has 4 rings (SSSR count). The summed E-state index contributed by atoms with van der Waals surface area (Å²) >= 11 is 5.77. The molecule has 3 aromatic rings. The van der Waals surface area contributed by atoms with Crippen LogP contribution in [0.4, 0.5) is 10.1 Å². The minimum Gasteiger partial charge on any atom is -0.490 e. The number of carbonyl (C=O) groups is 1. The molecular formula is C22H19ClFN3O3. The van der Waals surface area contributed by atoms with Gasteiger partial charge in [-0.3, -0.25) is 4.79 Å². The van der Waals surface area contributed by atoms with Gasteiger partial charge in [-0.05, 0) is 67.8 Å². The molecule has 154 valence electrons. The quantitative estimate of drug-likeness (QED) is 0.587. The van der Waals surface area contributed by atoms with E-state index in [1.807, 2.05) is 13.0 Å². The van der Waals surface area contributed by atoms with Crippen LogP contribution in [-0.4, -0.2) is 22.0 Å². The number of hydrogen-bond donors (Lipinski definition) is 1. The van der Waals surface area contributed by atoms with E-state index in [4.69, 9.17) is 21.1 Å². The number of halogens is 2. The molecule has 1 aliphatic carbocycles. The van der Waals surface area contributed by atoms with Gasteiger partial charge in [0.05, 0.1) is 17.4 Å². The molecule has 0 radical (unpaired) electrons. The number of ether oxygens (including phenoxy) is 2. The molecule has 1 fully saturated rings. The lowest BCUT2D eigenvalue weighted by molar-refractivity contribution is -0.125. The van der Waals surface area contributed by atoms with Gasteiger partial charge >= 0.3 is 6.01 Å². The third kappa shape index (κ3) is 4.86. The zero-order chi connectivity index (χ0) is 21.1. The Morgan fingerprint density at radius 1 is 1.13 bits per heavy atom. The van der Waals surface area contributed by atoms with Crippen LogP contribution in [0.25, 0.3) is 0 Å². The second-order valence-corrected chi connectivity index (χ2v) is 7.55. The van der Waals surface area contributed by atoms with Crippen molar-refractivity contribution >= 4 is 23.2 Å². The Morgan fingerprint density at radius 3 is 2.50 bits per heavy atom. The molecule has 1 amide bonds. The average Bonchev–Trinajstić information content (AvgIpc) is 2.69. The molecule has 1 aliphatic rings. The van der Waals surface area contributed by atoms with Crippen molar-refractivity contribution in [2.45, 2.75) is 25.9 Å². The fourth-order valence-electron chi connectivity index (χ4n) is 3.12. The van der Waals surface area contributed by atoms with Crippen molar-refractivity contribution < 1.29 is 18.7 Å². The number of rotatable bonds is 6. The zero-order valence-corrected chi connectivity index (χ0v) is 16.9. The predicted octanol–water partition coefficient (Wildman–Crippen LogP) is 5.17. The van der Waals surface area contributed by atoms with Gasteiger partial charge in [-0.15, -0.1) is 0 Å². The maximum Gasteiger partial charge on any atom is 0.321 e. The van der Waals surface area contributed by atoms with Crippen LogP contribution in [0.1, 0.15) is 18.4 Å². The van der Waals surface area contributed by atoms with Gasteiger partial charge in [-0.2, -0.15) is 0 Å². The van der Waals surface area contributed by atoms with Crippen LogP contribution in [-0.2, 0) is 4.79 Å². The molecule has 0 saturated heterocycles. The molecule has 0 atom stereocenters. The number of benzene rings is 2. The van der Waals surface area contributed by atoms with E-state index in [0.29, 0.717) is 35.1 Å². The first-order valence-corrected chi connectivity index (χ1v) is 9.83. The molecule has 2 aromatic carbocycles. The van der Waals surface area contributed by atoms with Gasteiger partial charge < -0.3 is 14.8 Å². The smallest absolute Gasteiger partial charge is 0.321 e. The van der Waals surface area contributed by atoms with Gasteiger partial charge in [0.1, 0.15) is 23.4 Å². The second-order valence-electron chi connectivity index (χ2n) is 7.12. The number of anilines is 1. The molecule has 0 unspecified atom stereocenters. The molecule has 0 spiro atoms. The predicted molar refractivity (Wildman–Crippen MR) is 110 cm³/mol. The van der Waals surface area contributed by atoms with Crippen molar-refractivity contribution in [3.05, 3.63) is 71.3 Å². The molecule has 1 saturated carbocycles. The Balaban J connectivity index is 1.29. The summed E-state index contributed by atoms with van der Waals surface area (Å²) in [6, 6.07) is 11.4. The summed E-state index contributed by atoms with van der Waals surface area (Å²) in [5.74, 6) is 0.723. The van der Waals surface area contributed by atoms with Gasteiger partial charge in [0.25, 0.3) is 0 Å². The zero-order valence-electron chi connectivity index (χ0n) is 16.1. The summed E-state index contributed by atoms with van der Waals surface area (Å²) in [4.78, 5) is 20.5. The normalized spacial score (nSPS) is 17.7. The first kappa shape index (κ1) is 20.1. The number of aryl methyl sites for hydroxylation is 1. The van der Waals surface area contributed by atoms with Gasteiger partial charge in [-0.1, -0.05) is 11.6 Å². The van der Waals surface area contributed by atoms with Gasteiger partial charge in [0, 0.05) is 11.6 Å². The summed E-state index contributed by atoms with van der Waals surface area (Å²) in [7, 11) is 0. The van der Waals surface area contributed by atoms with Crippen LogP contribution < -0.4 is 14.8 Å². The molecule has 6 nitrogen and oxygen atoms in total. The number of amides is 1. The first-order valence-electron chi connectivity index (χ1n) is 9.45. The Labute approximate surface area is 178 Å². The van der Waals surface area contributed by atoms with E-state index in [1.165, 1.54) is 24.5 Å². The van der Waals surface area contributed by atoms with Gasteiger partial charge in [0.2, 0.25) is 5.91 Å².